The lowest BCUT2D eigenvalue weighted by Gasteiger charge is -2.22. The zero-order valence-electron chi connectivity index (χ0n) is 9.54. The van der Waals surface area contributed by atoms with Crippen molar-refractivity contribution in [1.82, 2.24) is 10.6 Å². The highest BCUT2D eigenvalue weighted by Crippen LogP contribution is 2.24. The number of carbonyl (C=O) groups is 1. The second-order valence-corrected chi connectivity index (χ2v) is 4.85. The number of amides is 2. The van der Waals surface area contributed by atoms with Crippen LogP contribution in [0.1, 0.15) is 11.8 Å². The molecule has 0 aliphatic rings. The van der Waals surface area contributed by atoms with E-state index in [1.54, 1.807) is 22.8 Å². The van der Waals surface area contributed by atoms with E-state index in [0.29, 0.717) is 4.88 Å². The van der Waals surface area contributed by atoms with Gasteiger partial charge >= 0.3 is 12.2 Å². The fourth-order valence-electron chi connectivity index (χ4n) is 1.17. The van der Waals surface area contributed by atoms with Crippen molar-refractivity contribution in [3.05, 3.63) is 22.4 Å². The van der Waals surface area contributed by atoms with E-state index in [2.05, 4.69) is 5.32 Å². The van der Waals surface area contributed by atoms with Crippen LogP contribution in [0.3, 0.4) is 0 Å². The van der Waals surface area contributed by atoms with Crippen molar-refractivity contribution in [3.63, 3.8) is 0 Å². The zero-order valence-corrected chi connectivity index (χ0v) is 10.4. The van der Waals surface area contributed by atoms with E-state index >= 15 is 0 Å². The second kappa shape index (κ2) is 5.57. The number of thiophene rings is 1. The lowest BCUT2D eigenvalue weighted by Crippen LogP contribution is -2.45. The molecule has 102 valence electrons. The van der Waals surface area contributed by atoms with Gasteiger partial charge in [-0.3, -0.25) is 0 Å². The number of urea groups is 1. The summed E-state index contributed by atoms with van der Waals surface area (Å²) in [4.78, 5) is 11.7. The Morgan fingerprint density at radius 2 is 2.00 bits per heavy atom. The third-order valence-corrected chi connectivity index (χ3v) is 3.22. The molecule has 1 aromatic rings. The molecule has 4 nitrogen and oxygen atoms in total. The van der Waals surface area contributed by atoms with Gasteiger partial charge in [-0.25, -0.2) is 4.79 Å². The van der Waals surface area contributed by atoms with Gasteiger partial charge in [0, 0.05) is 4.88 Å². The quantitative estimate of drug-likeness (QED) is 0.789. The number of alkyl halides is 3. The SMILES string of the molecule is CC(O)(CNC(=O)NCC(F)(F)F)c1cccs1. The fraction of sp³-hybridized carbons (Fsp3) is 0.500. The molecule has 2 amide bonds. The summed E-state index contributed by atoms with van der Waals surface area (Å²) in [5, 5.41) is 15.6. The Morgan fingerprint density at radius 1 is 1.39 bits per heavy atom. The first-order valence-corrected chi connectivity index (χ1v) is 5.93. The summed E-state index contributed by atoms with van der Waals surface area (Å²) in [5.74, 6) is 0. The van der Waals surface area contributed by atoms with Gasteiger partial charge < -0.3 is 15.7 Å². The van der Waals surface area contributed by atoms with Crippen LogP contribution in [-0.2, 0) is 5.60 Å². The van der Waals surface area contributed by atoms with Crippen LogP contribution in [0.25, 0.3) is 0 Å². The van der Waals surface area contributed by atoms with E-state index in [4.69, 9.17) is 0 Å². The molecular formula is C10H13F3N2O2S. The van der Waals surface area contributed by atoms with Crippen molar-refractivity contribution >= 4 is 17.4 Å². The first-order valence-electron chi connectivity index (χ1n) is 5.05. The molecule has 0 radical (unpaired) electrons. The van der Waals surface area contributed by atoms with Crippen molar-refractivity contribution in [3.8, 4) is 0 Å². The molecule has 0 spiro atoms. The Bertz CT molecular complexity index is 390. The number of carbonyl (C=O) groups excluding carboxylic acids is 1. The minimum absolute atomic E-state index is 0.169. The van der Waals surface area contributed by atoms with E-state index in [9.17, 15) is 23.1 Å². The molecule has 1 aromatic heterocycles. The lowest BCUT2D eigenvalue weighted by atomic mass is 10.1. The topological polar surface area (TPSA) is 61.4 Å². The lowest BCUT2D eigenvalue weighted by molar-refractivity contribution is -0.122. The number of nitrogens with one attached hydrogen (secondary N) is 2. The van der Waals surface area contributed by atoms with E-state index < -0.39 is 24.4 Å². The summed E-state index contributed by atoms with van der Waals surface area (Å²) in [7, 11) is 0. The molecule has 1 rings (SSSR count). The number of hydrogen-bond donors (Lipinski definition) is 3. The van der Waals surface area contributed by atoms with E-state index in [1.807, 2.05) is 0 Å². The average molecular weight is 282 g/mol. The Kier molecular flexibility index (Phi) is 4.58. The molecule has 0 aliphatic heterocycles. The van der Waals surface area contributed by atoms with E-state index in [-0.39, 0.29) is 6.54 Å². The summed E-state index contributed by atoms with van der Waals surface area (Å²) >= 11 is 1.30. The van der Waals surface area contributed by atoms with Crippen molar-refractivity contribution in [2.75, 3.05) is 13.1 Å². The summed E-state index contributed by atoms with van der Waals surface area (Å²) < 4.78 is 35.5. The predicted octanol–water partition coefficient (Wildman–Crippen LogP) is 1.82. The van der Waals surface area contributed by atoms with Crippen molar-refractivity contribution < 1.29 is 23.1 Å². The van der Waals surface area contributed by atoms with Gasteiger partial charge in [0.2, 0.25) is 0 Å². The van der Waals surface area contributed by atoms with E-state index in [1.165, 1.54) is 18.3 Å². The van der Waals surface area contributed by atoms with Gasteiger partial charge in [-0.2, -0.15) is 13.2 Å². The minimum Gasteiger partial charge on any atom is -0.383 e. The van der Waals surface area contributed by atoms with Crippen molar-refractivity contribution in [1.29, 1.82) is 0 Å². The van der Waals surface area contributed by atoms with Crippen LogP contribution >= 0.6 is 11.3 Å². The van der Waals surface area contributed by atoms with E-state index in [0.717, 1.165) is 0 Å². The largest absolute Gasteiger partial charge is 0.405 e. The Morgan fingerprint density at radius 3 is 2.50 bits per heavy atom. The maximum absolute atomic E-state index is 11.8. The van der Waals surface area contributed by atoms with Gasteiger partial charge in [-0.1, -0.05) is 6.07 Å². The summed E-state index contributed by atoms with van der Waals surface area (Å²) in [6.45, 7) is -0.0972. The number of aliphatic hydroxyl groups is 1. The van der Waals surface area contributed by atoms with Crippen LogP contribution in [0.4, 0.5) is 18.0 Å². The highest BCUT2D eigenvalue weighted by Gasteiger charge is 2.29. The smallest absolute Gasteiger partial charge is 0.383 e. The fourth-order valence-corrected chi connectivity index (χ4v) is 1.95. The summed E-state index contributed by atoms with van der Waals surface area (Å²) in [6, 6.07) is 2.45. The Hall–Kier alpha value is -1.28. The molecule has 1 heterocycles. The van der Waals surface area contributed by atoms with Gasteiger partial charge in [0.1, 0.15) is 12.1 Å². The standard InChI is InChI=1S/C10H13F3N2O2S/c1-9(17,7-3-2-4-18-7)5-14-8(16)15-6-10(11,12)13/h2-4,17H,5-6H2,1H3,(H2,14,15,16). The Balaban J connectivity index is 2.39. The molecule has 8 heteroatoms. The van der Waals surface area contributed by atoms with Gasteiger partial charge in [0.15, 0.2) is 0 Å². The zero-order chi connectivity index (χ0) is 13.8. The maximum atomic E-state index is 11.8. The summed E-state index contributed by atoms with van der Waals surface area (Å²) in [5.41, 5.74) is -1.30. The molecule has 0 aromatic carbocycles. The molecule has 1 atom stereocenters. The molecule has 0 saturated carbocycles. The minimum atomic E-state index is -4.45. The normalized spacial score (nSPS) is 14.9. The van der Waals surface area contributed by atoms with Gasteiger partial charge in [-0.15, -0.1) is 11.3 Å². The number of halogens is 3. The highest BCUT2D eigenvalue weighted by atomic mass is 32.1. The molecule has 0 aliphatic carbocycles. The third-order valence-electron chi connectivity index (χ3n) is 2.09. The Labute approximate surface area is 106 Å². The molecule has 3 N–H and O–H groups in total. The van der Waals surface area contributed by atoms with Gasteiger partial charge in [0.05, 0.1) is 6.54 Å². The number of rotatable bonds is 4. The van der Waals surface area contributed by atoms with Crippen LogP contribution in [0.15, 0.2) is 17.5 Å². The molecular weight excluding hydrogens is 269 g/mol. The van der Waals surface area contributed by atoms with Crippen LogP contribution < -0.4 is 10.6 Å². The molecule has 0 bridgehead atoms. The molecule has 0 saturated heterocycles. The average Bonchev–Trinajstić information content (AvgIpc) is 2.76. The van der Waals surface area contributed by atoms with Crippen molar-refractivity contribution in [2.24, 2.45) is 0 Å². The molecule has 18 heavy (non-hydrogen) atoms. The summed E-state index contributed by atoms with van der Waals surface area (Å²) in [6.07, 6.45) is -4.45. The molecule has 0 fully saturated rings. The second-order valence-electron chi connectivity index (χ2n) is 3.90. The van der Waals surface area contributed by atoms with Crippen LogP contribution in [0, 0.1) is 0 Å². The predicted molar refractivity (Wildman–Crippen MR) is 61.3 cm³/mol. The van der Waals surface area contributed by atoms with Gasteiger partial charge in [0.25, 0.3) is 0 Å². The van der Waals surface area contributed by atoms with Crippen LogP contribution in [0.5, 0.6) is 0 Å². The first-order chi connectivity index (χ1) is 8.21. The first kappa shape index (κ1) is 14.8. The molecule has 1 unspecified atom stereocenters. The van der Waals surface area contributed by atoms with Crippen LogP contribution in [0.2, 0.25) is 0 Å². The monoisotopic (exact) mass is 282 g/mol. The van der Waals surface area contributed by atoms with Crippen LogP contribution in [-0.4, -0.2) is 30.4 Å². The highest BCUT2D eigenvalue weighted by molar-refractivity contribution is 7.10. The third kappa shape index (κ3) is 4.92. The van der Waals surface area contributed by atoms with Crippen molar-refractivity contribution in [2.45, 2.75) is 18.7 Å². The van der Waals surface area contributed by atoms with Gasteiger partial charge in [-0.05, 0) is 18.4 Å². The maximum Gasteiger partial charge on any atom is 0.405 e. The number of hydrogen-bond acceptors (Lipinski definition) is 3.